The van der Waals surface area contributed by atoms with Gasteiger partial charge in [0.2, 0.25) is 0 Å². The lowest BCUT2D eigenvalue weighted by Gasteiger charge is -2.11. The van der Waals surface area contributed by atoms with Crippen LogP contribution in [0.1, 0.15) is 55.3 Å². The van der Waals surface area contributed by atoms with E-state index in [1.165, 1.54) is 0 Å². The molecule has 1 aliphatic heterocycles. The summed E-state index contributed by atoms with van der Waals surface area (Å²) in [5, 5.41) is 14.1. The van der Waals surface area contributed by atoms with Crippen LogP contribution in [0.5, 0.6) is 0 Å². The summed E-state index contributed by atoms with van der Waals surface area (Å²) in [5.41, 5.74) is 1.02. The van der Waals surface area contributed by atoms with Gasteiger partial charge < -0.3 is 5.11 Å². The highest BCUT2D eigenvalue weighted by Crippen LogP contribution is 2.39. The van der Waals surface area contributed by atoms with Gasteiger partial charge in [-0.25, -0.2) is 14.1 Å². The van der Waals surface area contributed by atoms with Crippen molar-refractivity contribution in [2.75, 3.05) is 0 Å². The van der Waals surface area contributed by atoms with Crippen LogP contribution in [-0.2, 0) is 0 Å². The van der Waals surface area contributed by atoms with Crippen LogP contribution in [0.2, 0.25) is 0 Å². The van der Waals surface area contributed by atoms with Gasteiger partial charge in [-0.1, -0.05) is 37.3 Å². The molecule has 1 aromatic carbocycles. The van der Waals surface area contributed by atoms with Crippen molar-refractivity contribution in [3.8, 4) is 0 Å². The largest absolute Gasteiger partial charge is 0.385 e. The SMILES string of the molecule is CCC(O)c1nc2n(n1)C(c1ccccc1)C[C@@H]2F. The molecule has 3 atom stereocenters. The molecule has 2 heterocycles. The zero-order valence-corrected chi connectivity index (χ0v) is 10.7. The Morgan fingerprint density at radius 1 is 1.42 bits per heavy atom. The molecular formula is C14H16FN3O. The van der Waals surface area contributed by atoms with Crippen LogP contribution in [0.3, 0.4) is 0 Å². The average Bonchev–Trinajstić information content (AvgIpc) is 3.00. The van der Waals surface area contributed by atoms with Gasteiger partial charge in [-0.15, -0.1) is 0 Å². The van der Waals surface area contributed by atoms with Crippen molar-refractivity contribution < 1.29 is 9.50 Å². The Kier molecular flexibility index (Phi) is 3.06. The van der Waals surface area contributed by atoms with Gasteiger partial charge in [0.1, 0.15) is 6.10 Å². The number of hydrogen-bond donors (Lipinski definition) is 1. The summed E-state index contributed by atoms with van der Waals surface area (Å²) in [6, 6.07) is 9.59. The van der Waals surface area contributed by atoms with Gasteiger partial charge in [-0.3, -0.25) is 0 Å². The fourth-order valence-corrected chi connectivity index (χ4v) is 2.47. The molecule has 0 radical (unpaired) electrons. The number of benzene rings is 1. The van der Waals surface area contributed by atoms with E-state index in [1.54, 1.807) is 4.68 Å². The zero-order valence-electron chi connectivity index (χ0n) is 10.7. The standard InChI is InChI=1S/C14H16FN3O/c1-2-12(19)13-16-14-10(15)8-11(18(14)17-13)9-6-4-3-5-7-9/h3-7,10-12,19H,2,8H2,1H3/t10-,11?,12?/m0/s1. The van der Waals surface area contributed by atoms with Gasteiger partial charge >= 0.3 is 0 Å². The second-order valence-electron chi connectivity index (χ2n) is 4.83. The van der Waals surface area contributed by atoms with E-state index in [0.717, 1.165) is 5.56 Å². The summed E-state index contributed by atoms with van der Waals surface area (Å²) >= 11 is 0. The van der Waals surface area contributed by atoms with Crippen LogP contribution in [0, 0.1) is 0 Å². The maximum absolute atomic E-state index is 14.0. The maximum Gasteiger partial charge on any atom is 0.179 e. The topological polar surface area (TPSA) is 50.9 Å². The van der Waals surface area contributed by atoms with Crippen molar-refractivity contribution in [2.45, 2.75) is 38.1 Å². The van der Waals surface area contributed by atoms with E-state index < -0.39 is 12.3 Å². The lowest BCUT2D eigenvalue weighted by Crippen LogP contribution is -2.08. The number of aliphatic hydroxyl groups is 1. The Morgan fingerprint density at radius 2 is 2.16 bits per heavy atom. The maximum atomic E-state index is 14.0. The third kappa shape index (κ3) is 2.04. The average molecular weight is 261 g/mol. The van der Waals surface area contributed by atoms with Crippen molar-refractivity contribution >= 4 is 0 Å². The smallest absolute Gasteiger partial charge is 0.179 e. The minimum atomic E-state index is -1.12. The number of fused-ring (bicyclic) bond motifs is 1. The minimum Gasteiger partial charge on any atom is -0.385 e. The highest BCUT2D eigenvalue weighted by Gasteiger charge is 2.35. The second-order valence-corrected chi connectivity index (χ2v) is 4.83. The lowest BCUT2D eigenvalue weighted by atomic mass is 10.0. The highest BCUT2D eigenvalue weighted by molar-refractivity contribution is 5.23. The minimum absolute atomic E-state index is 0.128. The molecule has 4 nitrogen and oxygen atoms in total. The van der Waals surface area contributed by atoms with Gasteiger partial charge in [0.15, 0.2) is 17.8 Å². The molecule has 19 heavy (non-hydrogen) atoms. The van der Waals surface area contributed by atoms with Crippen molar-refractivity contribution in [3.05, 3.63) is 47.5 Å². The van der Waals surface area contributed by atoms with Crippen LogP contribution in [0.4, 0.5) is 4.39 Å². The van der Waals surface area contributed by atoms with E-state index in [2.05, 4.69) is 10.1 Å². The number of hydrogen-bond acceptors (Lipinski definition) is 3. The first kappa shape index (κ1) is 12.3. The third-order valence-corrected chi connectivity index (χ3v) is 3.55. The molecule has 3 rings (SSSR count). The lowest BCUT2D eigenvalue weighted by molar-refractivity contribution is 0.162. The zero-order chi connectivity index (χ0) is 13.4. The Labute approximate surface area is 110 Å². The van der Waals surface area contributed by atoms with Gasteiger partial charge in [-0.05, 0) is 12.0 Å². The third-order valence-electron chi connectivity index (χ3n) is 3.55. The molecule has 0 saturated heterocycles. The number of rotatable bonds is 3. The predicted octanol–water partition coefficient (Wildman–Crippen LogP) is 2.73. The molecule has 0 fully saturated rings. The number of alkyl halides is 1. The number of aliphatic hydroxyl groups excluding tert-OH is 1. The summed E-state index contributed by atoms with van der Waals surface area (Å²) in [5.74, 6) is 0.650. The van der Waals surface area contributed by atoms with Crippen LogP contribution >= 0.6 is 0 Å². The fraction of sp³-hybridized carbons (Fsp3) is 0.429. The van der Waals surface area contributed by atoms with E-state index >= 15 is 0 Å². The quantitative estimate of drug-likeness (QED) is 0.924. The molecule has 100 valence electrons. The fourth-order valence-electron chi connectivity index (χ4n) is 2.47. The normalized spacial score (nSPS) is 23.3. The van der Waals surface area contributed by atoms with Crippen LogP contribution in [-0.4, -0.2) is 19.9 Å². The molecule has 0 aliphatic carbocycles. The first-order valence-electron chi connectivity index (χ1n) is 6.54. The molecule has 0 saturated carbocycles. The molecule has 2 unspecified atom stereocenters. The van der Waals surface area contributed by atoms with Crippen LogP contribution in [0.25, 0.3) is 0 Å². The van der Waals surface area contributed by atoms with Crippen molar-refractivity contribution in [1.82, 2.24) is 14.8 Å². The van der Waals surface area contributed by atoms with Crippen LogP contribution in [0.15, 0.2) is 30.3 Å². The first-order valence-corrected chi connectivity index (χ1v) is 6.54. The molecule has 0 spiro atoms. The molecule has 5 heteroatoms. The number of nitrogens with zero attached hydrogens (tertiary/aromatic N) is 3. The molecule has 1 aromatic heterocycles. The van der Waals surface area contributed by atoms with Gasteiger partial charge in [0.05, 0.1) is 6.04 Å². The van der Waals surface area contributed by atoms with Crippen molar-refractivity contribution in [1.29, 1.82) is 0 Å². The second kappa shape index (κ2) is 4.74. The number of halogens is 1. The molecule has 1 N–H and O–H groups in total. The van der Waals surface area contributed by atoms with Crippen molar-refractivity contribution in [3.63, 3.8) is 0 Å². The Bertz CT molecular complexity index is 569. The monoisotopic (exact) mass is 261 g/mol. The van der Waals surface area contributed by atoms with E-state index in [9.17, 15) is 9.50 Å². The summed E-state index contributed by atoms with van der Waals surface area (Å²) in [7, 11) is 0. The Balaban J connectivity index is 1.99. The van der Waals surface area contributed by atoms with Gasteiger partial charge in [0, 0.05) is 6.42 Å². The number of aromatic nitrogens is 3. The van der Waals surface area contributed by atoms with E-state index in [1.807, 2.05) is 37.3 Å². The molecule has 1 aliphatic rings. The molecule has 2 aromatic rings. The van der Waals surface area contributed by atoms with E-state index in [4.69, 9.17) is 0 Å². The van der Waals surface area contributed by atoms with Crippen molar-refractivity contribution in [2.24, 2.45) is 0 Å². The molecule has 0 amide bonds. The molecule has 0 bridgehead atoms. The molecular weight excluding hydrogens is 245 g/mol. The highest BCUT2D eigenvalue weighted by atomic mass is 19.1. The predicted molar refractivity (Wildman–Crippen MR) is 68.3 cm³/mol. The summed E-state index contributed by atoms with van der Waals surface area (Å²) in [6.07, 6.45) is -0.949. The van der Waals surface area contributed by atoms with E-state index in [-0.39, 0.29) is 6.04 Å². The van der Waals surface area contributed by atoms with Gasteiger partial charge in [-0.2, -0.15) is 5.10 Å². The van der Waals surface area contributed by atoms with Gasteiger partial charge in [0.25, 0.3) is 0 Å². The van der Waals surface area contributed by atoms with Crippen LogP contribution < -0.4 is 0 Å². The Hall–Kier alpha value is -1.75. The Morgan fingerprint density at radius 3 is 2.84 bits per heavy atom. The summed E-state index contributed by atoms with van der Waals surface area (Å²) < 4.78 is 15.6. The van der Waals surface area contributed by atoms with E-state index in [0.29, 0.717) is 24.5 Å². The summed E-state index contributed by atoms with van der Waals surface area (Å²) in [6.45, 7) is 1.85. The first-order chi connectivity index (χ1) is 9.20. The summed E-state index contributed by atoms with van der Waals surface area (Å²) in [4.78, 5) is 4.15.